The summed E-state index contributed by atoms with van der Waals surface area (Å²) in [6, 6.07) is -6.00. The highest BCUT2D eigenvalue weighted by atomic mass is 32.2. The lowest BCUT2D eigenvalue weighted by Crippen LogP contribution is -2.62. The van der Waals surface area contributed by atoms with Gasteiger partial charge in [-0.25, -0.2) is 4.79 Å². The van der Waals surface area contributed by atoms with Crippen LogP contribution in [0.5, 0.6) is 5.75 Å². The molecule has 0 radical (unpaired) electrons. The Hall–Kier alpha value is -6.25. The molecular formula is C48H80N12O13S. The largest absolute Gasteiger partial charge is 0.508 e. The Labute approximate surface area is 436 Å². The molecule has 8 amide bonds. The van der Waals surface area contributed by atoms with E-state index in [1.54, 1.807) is 47.8 Å². The van der Waals surface area contributed by atoms with Crippen LogP contribution in [0.3, 0.4) is 0 Å². The first kappa shape index (κ1) is 63.9. The van der Waals surface area contributed by atoms with Crippen molar-refractivity contribution in [2.24, 2.45) is 39.9 Å². The number of hydrogen-bond donors (Lipinski definition) is 14. The molecule has 1 aromatic carbocycles. The van der Waals surface area contributed by atoms with E-state index in [0.717, 1.165) is 4.90 Å². The van der Waals surface area contributed by atoms with Crippen molar-refractivity contribution in [3.8, 4) is 5.75 Å². The lowest BCUT2D eigenvalue weighted by molar-refractivity contribution is -0.144. The number of nitrogens with two attached hydrogens (primary N) is 3. The number of guanidine groups is 1. The summed E-state index contributed by atoms with van der Waals surface area (Å²) in [5.41, 5.74) is 17.3. The lowest BCUT2D eigenvalue weighted by Gasteiger charge is -2.31. The molecule has 17 N–H and O–H groups in total. The van der Waals surface area contributed by atoms with Crippen LogP contribution in [0.15, 0.2) is 29.3 Å². The maximum Gasteiger partial charge on any atom is 0.326 e. The lowest BCUT2D eigenvalue weighted by atomic mass is 9.96. The minimum absolute atomic E-state index is 0.0190. The number of nitrogens with zero attached hydrogens (tertiary/aromatic N) is 2. The van der Waals surface area contributed by atoms with Gasteiger partial charge in [-0.05, 0) is 86.0 Å². The van der Waals surface area contributed by atoms with Gasteiger partial charge in [-0.15, -0.1) is 0 Å². The average Bonchev–Trinajstić information content (AvgIpc) is 3.85. The predicted molar refractivity (Wildman–Crippen MR) is 277 cm³/mol. The molecule has 10 atom stereocenters. The van der Waals surface area contributed by atoms with Gasteiger partial charge in [0.05, 0.1) is 19.3 Å². The van der Waals surface area contributed by atoms with Gasteiger partial charge in [-0.2, -0.15) is 11.8 Å². The van der Waals surface area contributed by atoms with E-state index < -0.39 is 133 Å². The van der Waals surface area contributed by atoms with Gasteiger partial charge in [-0.1, -0.05) is 60.1 Å². The molecule has 1 aliphatic rings. The fourth-order valence-corrected chi connectivity index (χ4v) is 8.37. The number of aliphatic carboxylic acids is 1. The monoisotopic (exact) mass is 1060 g/mol. The minimum atomic E-state index is -1.63. The van der Waals surface area contributed by atoms with Crippen molar-refractivity contribution >= 4 is 70.9 Å². The number of aliphatic hydroxyl groups is 2. The molecule has 2 rings (SSSR count). The average molecular weight is 1070 g/mol. The van der Waals surface area contributed by atoms with Gasteiger partial charge in [0.1, 0.15) is 54.1 Å². The number of carbonyl (C=O) groups excluding carboxylic acids is 8. The summed E-state index contributed by atoms with van der Waals surface area (Å²) in [7, 11) is 0. The highest BCUT2D eigenvalue weighted by Gasteiger charge is 2.41. The van der Waals surface area contributed by atoms with Crippen LogP contribution in [0.1, 0.15) is 92.1 Å². The van der Waals surface area contributed by atoms with Gasteiger partial charge >= 0.3 is 5.97 Å². The van der Waals surface area contributed by atoms with E-state index >= 15 is 0 Å². The molecular weight excluding hydrogens is 985 g/mol. The van der Waals surface area contributed by atoms with E-state index in [0.29, 0.717) is 30.6 Å². The number of aliphatic hydroxyl groups excluding tert-OH is 2. The van der Waals surface area contributed by atoms with Gasteiger partial charge in [0.25, 0.3) is 0 Å². The molecule has 0 bridgehead atoms. The van der Waals surface area contributed by atoms with Gasteiger partial charge in [0.15, 0.2) is 5.96 Å². The van der Waals surface area contributed by atoms with Gasteiger partial charge < -0.3 is 79.7 Å². The zero-order valence-corrected chi connectivity index (χ0v) is 44.2. The van der Waals surface area contributed by atoms with E-state index in [1.165, 1.54) is 36.0 Å². The maximum atomic E-state index is 14.1. The minimum Gasteiger partial charge on any atom is -0.508 e. The molecule has 1 saturated heterocycles. The third kappa shape index (κ3) is 20.9. The fraction of sp³-hybridized carbons (Fsp3) is 0.667. The highest BCUT2D eigenvalue weighted by molar-refractivity contribution is 7.98. The molecule has 0 saturated carbocycles. The number of thioether (sulfide) groups is 1. The van der Waals surface area contributed by atoms with Gasteiger partial charge in [0.2, 0.25) is 47.3 Å². The number of phenolic OH excluding ortho intramolecular Hbond substituents is 1. The van der Waals surface area contributed by atoms with E-state index in [-0.39, 0.29) is 62.8 Å². The van der Waals surface area contributed by atoms with Crippen LogP contribution < -0.4 is 54.4 Å². The Bertz CT molecular complexity index is 2080. The second kappa shape index (κ2) is 32.1. The number of carboxylic acids is 1. The van der Waals surface area contributed by atoms with Crippen molar-refractivity contribution in [1.82, 2.24) is 42.1 Å². The van der Waals surface area contributed by atoms with Crippen molar-refractivity contribution in [2.45, 2.75) is 147 Å². The molecule has 74 heavy (non-hydrogen) atoms. The second-order valence-electron chi connectivity index (χ2n) is 19.1. The molecule has 0 unspecified atom stereocenters. The number of carbonyl (C=O) groups is 9. The quantitative estimate of drug-likeness (QED) is 0.0198. The van der Waals surface area contributed by atoms with E-state index in [1.807, 2.05) is 0 Å². The molecule has 0 aromatic heterocycles. The smallest absolute Gasteiger partial charge is 0.326 e. The summed E-state index contributed by atoms with van der Waals surface area (Å²) < 4.78 is 0. The number of nitrogens with one attached hydrogen (secondary N) is 7. The summed E-state index contributed by atoms with van der Waals surface area (Å²) in [6.45, 7) is 8.62. The van der Waals surface area contributed by atoms with Crippen LogP contribution in [0.2, 0.25) is 0 Å². The van der Waals surface area contributed by atoms with Crippen molar-refractivity contribution in [1.29, 1.82) is 0 Å². The first-order valence-corrected chi connectivity index (χ1v) is 26.2. The van der Waals surface area contributed by atoms with Crippen LogP contribution in [-0.4, -0.2) is 177 Å². The van der Waals surface area contributed by atoms with Crippen LogP contribution in [0.4, 0.5) is 0 Å². The molecule has 1 fully saturated rings. The second-order valence-corrected chi connectivity index (χ2v) is 20.1. The highest BCUT2D eigenvalue weighted by Crippen LogP contribution is 2.20. The molecule has 1 aliphatic heterocycles. The summed E-state index contributed by atoms with van der Waals surface area (Å²) in [5, 5.41) is 58.2. The molecule has 0 spiro atoms. The summed E-state index contributed by atoms with van der Waals surface area (Å²) in [4.78, 5) is 127. The van der Waals surface area contributed by atoms with Crippen molar-refractivity contribution in [3.05, 3.63) is 29.8 Å². The van der Waals surface area contributed by atoms with Crippen LogP contribution in [-0.2, 0) is 49.6 Å². The third-order valence-corrected chi connectivity index (χ3v) is 13.0. The van der Waals surface area contributed by atoms with E-state index in [2.05, 4.69) is 42.2 Å². The summed E-state index contributed by atoms with van der Waals surface area (Å²) in [6.07, 6.45) is 3.33. The van der Waals surface area contributed by atoms with E-state index in [9.17, 15) is 63.6 Å². The van der Waals surface area contributed by atoms with Gasteiger partial charge in [-0.3, -0.25) is 43.3 Å². The number of amides is 8. The Balaban J connectivity index is 2.28. The predicted octanol–water partition coefficient (Wildman–Crippen LogP) is -2.73. The zero-order chi connectivity index (χ0) is 55.8. The Morgan fingerprint density at radius 1 is 0.730 bits per heavy atom. The number of aliphatic imine (C=N–C) groups is 1. The Kier molecular flexibility index (Phi) is 27.7. The first-order chi connectivity index (χ1) is 34.9. The topological polar surface area (TPSA) is 412 Å². The molecule has 1 aromatic rings. The number of rotatable bonds is 32. The van der Waals surface area contributed by atoms with E-state index in [4.69, 9.17) is 17.2 Å². The zero-order valence-electron chi connectivity index (χ0n) is 43.4. The summed E-state index contributed by atoms with van der Waals surface area (Å²) in [5.74, 6) is -8.69. The standard InChI is InChI=1S/C48H80N12O13S/c1-8-27(6)38(45(70)55-33(47(72)73)21-25(2)3)59-42(67)34(23-61)56-44(69)37(26(4)5)58-43(68)36-12-10-19-60(36)46(71)35(24-62)57-41(66)32(22-28-13-15-29(63)16-14-28)54-40(65)31(17-20-74-7)53-39(64)30(49)11-9-18-52-48(50)51/h13-16,25-27,30-38,61-63H,8-12,17-24,49H2,1-7H3,(H,53,64)(H,54,65)(H,55,70)(H,56,69)(H,57,66)(H,58,68)(H,59,67)(H,72,73)(H4,50,51,52)/t27-,30-,31-,32-,33-,34-,35-,36-,37-,38-/m0/s1. The molecule has 416 valence electrons. The number of hydrogen-bond acceptors (Lipinski definition) is 15. The first-order valence-electron chi connectivity index (χ1n) is 24.8. The van der Waals surface area contributed by atoms with Crippen LogP contribution >= 0.6 is 11.8 Å². The van der Waals surface area contributed by atoms with Crippen molar-refractivity contribution in [3.63, 3.8) is 0 Å². The summed E-state index contributed by atoms with van der Waals surface area (Å²) >= 11 is 1.41. The third-order valence-electron chi connectivity index (χ3n) is 12.4. The molecule has 26 heteroatoms. The molecule has 1 heterocycles. The number of carboxylic acid groups (broad SMARTS) is 1. The van der Waals surface area contributed by atoms with Crippen molar-refractivity contribution in [2.75, 3.05) is 38.3 Å². The van der Waals surface area contributed by atoms with Crippen LogP contribution in [0.25, 0.3) is 0 Å². The number of benzene rings is 1. The van der Waals surface area contributed by atoms with Crippen molar-refractivity contribution < 1.29 is 63.6 Å². The molecule has 25 nitrogen and oxygen atoms in total. The Morgan fingerprint density at radius 2 is 1.28 bits per heavy atom. The molecule has 0 aliphatic carbocycles. The van der Waals surface area contributed by atoms with Gasteiger partial charge in [0, 0.05) is 19.5 Å². The fourth-order valence-electron chi connectivity index (χ4n) is 7.89. The SMILES string of the molecule is CC[C@H](C)[C@H](NC(=O)[C@H](CO)NC(=O)[C@@H](NC(=O)[C@@H]1CCCN1C(=O)[C@H](CO)NC(=O)[C@H](Cc1ccc(O)cc1)NC(=O)[C@H](CCSC)NC(=O)[C@@H](N)CCCN=C(N)N)C(C)C)C(=O)N[C@@H](CC(C)C)C(=O)O. The van der Waals surface area contributed by atoms with Crippen LogP contribution in [0, 0.1) is 17.8 Å². The Morgan fingerprint density at radius 3 is 1.84 bits per heavy atom. The normalized spacial score (nSPS) is 17.0. The maximum absolute atomic E-state index is 14.1. The number of phenols is 1. The number of likely N-dealkylation sites (tertiary alicyclic amines) is 1. The number of aromatic hydroxyl groups is 1.